The van der Waals surface area contributed by atoms with Crippen molar-refractivity contribution in [1.29, 1.82) is 0 Å². The first kappa shape index (κ1) is 9.26. The van der Waals surface area contributed by atoms with E-state index in [0.717, 1.165) is 0 Å². The monoisotopic (exact) mass is 120 g/mol. The molecule has 0 aliphatic carbocycles. The van der Waals surface area contributed by atoms with Crippen molar-refractivity contribution >= 4 is 29.0 Å². The van der Waals surface area contributed by atoms with Crippen molar-refractivity contribution in [2.24, 2.45) is 0 Å². The maximum Gasteiger partial charge on any atom is 0.0776 e. The van der Waals surface area contributed by atoms with Crippen LogP contribution >= 0.6 is 0 Å². The predicted molar refractivity (Wildman–Crippen MR) is 54.3 cm³/mol. The van der Waals surface area contributed by atoms with Crippen molar-refractivity contribution in [3.63, 3.8) is 0 Å². The van der Waals surface area contributed by atoms with Crippen molar-refractivity contribution in [2.45, 2.75) is 32.5 Å². The van der Waals surface area contributed by atoms with Crippen LogP contribution < -0.4 is 0 Å². The summed E-state index contributed by atoms with van der Waals surface area (Å²) < 4.78 is 0. The lowest BCUT2D eigenvalue weighted by atomic mass is 9.12. The van der Waals surface area contributed by atoms with E-state index in [2.05, 4.69) is 14.7 Å². The molecule has 0 atom stereocenters. The Kier molecular flexibility index (Phi) is 8.50. The summed E-state index contributed by atoms with van der Waals surface area (Å²) in [4.78, 5) is 0. The first-order chi connectivity index (χ1) is 4.41. The summed E-state index contributed by atoms with van der Waals surface area (Å²) in [5.41, 5.74) is 0. The van der Waals surface area contributed by atoms with Crippen LogP contribution in [-0.2, 0) is 0 Å². The zero-order chi connectivity index (χ0) is 6.95. The van der Waals surface area contributed by atoms with Gasteiger partial charge < -0.3 is 0 Å². The first-order valence-electron chi connectivity index (χ1n) is 4.41. The molecule has 4 heteroatoms. The summed E-state index contributed by atoms with van der Waals surface area (Å²) in [5, 5.41) is 0. The van der Waals surface area contributed by atoms with Crippen molar-refractivity contribution < 1.29 is 0 Å². The molecule has 48 valence electrons. The van der Waals surface area contributed by atoms with Gasteiger partial charge >= 0.3 is 0 Å². The van der Waals surface area contributed by atoms with Crippen molar-refractivity contribution in [1.82, 2.24) is 0 Å². The van der Waals surface area contributed by atoms with Gasteiger partial charge in [-0.25, -0.2) is 0 Å². The molecule has 0 nitrogen and oxygen atoms in total. The molecular formula is C5H16B4. The Hall–Kier alpha value is 0.260. The molecule has 0 rings (SSSR count). The summed E-state index contributed by atoms with van der Waals surface area (Å²) in [5.74, 6) is 0. The highest BCUT2D eigenvalue weighted by Crippen LogP contribution is 1.96. The molecule has 0 aliphatic heterocycles. The Morgan fingerprint density at radius 1 is 1.33 bits per heavy atom. The SMILES string of the molecule is BBBBCCCCC. The zero-order valence-corrected chi connectivity index (χ0v) is 6.95. The van der Waals surface area contributed by atoms with Crippen LogP contribution in [0.2, 0.25) is 6.32 Å². The lowest BCUT2D eigenvalue weighted by molar-refractivity contribution is 0.770. The molecule has 0 radical (unpaired) electrons. The van der Waals surface area contributed by atoms with Gasteiger partial charge in [0.15, 0.2) is 0 Å². The molecule has 0 aromatic heterocycles. The van der Waals surface area contributed by atoms with Gasteiger partial charge in [-0.15, -0.1) is 0 Å². The van der Waals surface area contributed by atoms with E-state index in [9.17, 15) is 0 Å². The average molecular weight is 119 g/mol. The number of hydrogen-bond acceptors (Lipinski definition) is 0. The van der Waals surface area contributed by atoms with E-state index < -0.39 is 0 Å². The molecule has 0 N–H and O–H groups in total. The van der Waals surface area contributed by atoms with Crippen molar-refractivity contribution in [3.05, 3.63) is 0 Å². The molecule has 0 heterocycles. The van der Waals surface area contributed by atoms with Gasteiger partial charge in [0.2, 0.25) is 0 Å². The summed E-state index contributed by atoms with van der Waals surface area (Å²) in [6, 6.07) is 0. The van der Waals surface area contributed by atoms with Crippen molar-refractivity contribution in [3.8, 4) is 0 Å². The van der Waals surface area contributed by atoms with Crippen LogP contribution in [0.3, 0.4) is 0 Å². The standard InChI is InChI=1S/C5H16B4/c1-2-3-4-5-7-9-8-6/h7-9H,2-6H2,1H3. The Morgan fingerprint density at radius 2 is 2.11 bits per heavy atom. The predicted octanol–water partition coefficient (Wildman–Crippen LogP) is -0.718. The molecule has 9 heavy (non-hydrogen) atoms. The summed E-state index contributed by atoms with van der Waals surface area (Å²) in [6.07, 6.45) is 5.72. The van der Waals surface area contributed by atoms with Crippen LogP contribution in [0.25, 0.3) is 0 Å². The Morgan fingerprint density at radius 3 is 2.67 bits per heavy atom. The van der Waals surface area contributed by atoms with Crippen LogP contribution in [-0.4, -0.2) is 29.0 Å². The largest absolute Gasteiger partial charge is 0.0853 e. The number of rotatable bonds is 6. The molecule has 0 aliphatic rings. The van der Waals surface area contributed by atoms with Gasteiger partial charge in [0, 0.05) is 14.1 Å². The minimum atomic E-state index is 1.37. The van der Waals surface area contributed by atoms with E-state index in [0.29, 0.717) is 0 Å². The highest BCUT2D eigenvalue weighted by atomic mass is 13.8. The van der Waals surface area contributed by atoms with E-state index in [1.165, 1.54) is 46.9 Å². The highest BCUT2D eigenvalue weighted by Gasteiger charge is 1.90. The van der Waals surface area contributed by atoms with Gasteiger partial charge in [0.1, 0.15) is 0 Å². The minimum absolute atomic E-state index is 1.37. The summed E-state index contributed by atoms with van der Waals surface area (Å²) >= 11 is 0. The lowest BCUT2D eigenvalue weighted by Crippen LogP contribution is -2.11. The molecule has 0 fully saturated rings. The molecule has 0 aromatic rings. The van der Waals surface area contributed by atoms with Crippen LogP contribution in [0.5, 0.6) is 0 Å². The molecule has 0 unspecified atom stereocenters. The molecule has 0 amide bonds. The Balaban J connectivity index is 2.60. The quantitative estimate of drug-likeness (QED) is 0.320. The zero-order valence-electron chi connectivity index (χ0n) is 6.95. The van der Waals surface area contributed by atoms with Crippen LogP contribution in [0, 0.1) is 0 Å². The van der Waals surface area contributed by atoms with Gasteiger partial charge in [-0.05, 0) is 0 Å². The normalized spacial score (nSPS) is 8.56. The summed E-state index contributed by atoms with van der Waals surface area (Å²) in [7, 11) is 6.52. The minimum Gasteiger partial charge on any atom is -0.0853 e. The number of unbranched alkanes of at least 4 members (excludes halogenated alkanes) is 2. The third kappa shape index (κ3) is 8.26. The summed E-state index contributed by atoms with van der Waals surface area (Å²) in [6.45, 7) is 2.26. The fourth-order valence-corrected chi connectivity index (χ4v) is 1.03. The second-order valence-electron chi connectivity index (χ2n) is 2.77. The smallest absolute Gasteiger partial charge is 0.0776 e. The Bertz CT molecular complexity index is 42.2. The van der Waals surface area contributed by atoms with E-state index in [-0.39, 0.29) is 0 Å². The molecular weight excluding hydrogens is 103 g/mol. The van der Waals surface area contributed by atoms with Gasteiger partial charge in [-0.1, -0.05) is 32.5 Å². The highest BCUT2D eigenvalue weighted by molar-refractivity contribution is 7.41. The van der Waals surface area contributed by atoms with E-state index in [4.69, 9.17) is 0 Å². The average Bonchev–Trinajstić information content (AvgIpc) is 1.89. The van der Waals surface area contributed by atoms with Gasteiger partial charge in [0.25, 0.3) is 0 Å². The third-order valence-electron chi connectivity index (χ3n) is 1.71. The fraction of sp³-hybridized carbons (Fsp3) is 1.00. The fourth-order valence-electron chi connectivity index (χ4n) is 1.03. The molecule has 0 aromatic carbocycles. The van der Waals surface area contributed by atoms with E-state index >= 15 is 0 Å². The molecule has 0 bridgehead atoms. The topological polar surface area (TPSA) is 0 Å². The van der Waals surface area contributed by atoms with Gasteiger partial charge in [-0.3, -0.25) is 0 Å². The van der Waals surface area contributed by atoms with Crippen LogP contribution in [0.4, 0.5) is 0 Å². The lowest BCUT2D eigenvalue weighted by Gasteiger charge is -1.93. The van der Waals surface area contributed by atoms with Crippen LogP contribution in [0.15, 0.2) is 0 Å². The second-order valence-corrected chi connectivity index (χ2v) is 2.77. The molecule has 0 saturated carbocycles. The van der Waals surface area contributed by atoms with Crippen LogP contribution in [0.1, 0.15) is 26.2 Å². The molecule has 0 spiro atoms. The van der Waals surface area contributed by atoms with Gasteiger partial charge in [-0.2, -0.15) is 0 Å². The molecule has 0 saturated heterocycles. The second kappa shape index (κ2) is 8.26. The third-order valence-corrected chi connectivity index (χ3v) is 1.71. The maximum atomic E-state index is 2.26. The van der Waals surface area contributed by atoms with E-state index in [1.54, 1.807) is 0 Å². The Labute approximate surface area is 62.3 Å². The first-order valence-corrected chi connectivity index (χ1v) is 4.41. The number of hydrogen-bond donors (Lipinski definition) is 0. The van der Waals surface area contributed by atoms with Crippen molar-refractivity contribution in [2.75, 3.05) is 0 Å². The van der Waals surface area contributed by atoms with Gasteiger partial charge in [0.05, 0.1) is 14.9 Å². The van der Waals surface area contributed by atoms with E-state index in [1.807, 2.05) is 0 Å². The maximum absolute atomic E-state index is 2.26.